The van der Waals surface area contributed by atoms with E-state index in [9.17, 15) is 14.0 Å². The van der Waals surface area contributed by atoms with E-state index in [0.717, 1.165) is 18.7 Å². The molecule has 29 heavy (non-hydrogen) atoms. The van der Waals surface area contributed by atoms with Gasteiger partial charge in [-0.3, -0.25) is 14.5 Å². The van der Waals surface area contributed by atoms with Crippen molar-refractivity contribution in [3.8, 4) is 0 Å². The van der Waals surface area contributed by atoms with Crippen molar-refractivity contribution in [1.29, 1.82) is 0 Å². The molecular formula is C23H26FN3O2. The van der Waals surface area contributed by atoms with E-state index in [4.69, 9.17) is 0 Å². The van der Waals surface area contributed by atoms with Crippen molar-refractivity contribution in [2.45, 2.75) is 32.5 Å². The molecule has 0 N–H and O–H groups in total. The number of benzene rings is 2. The third-order valence-corrected chi connectivity index (χ3v) is 5.95. The van der Waals surface area contributed by atoms with Crippen LogP contribution < -0.4 is 0 Å². The minimum absolute atomic E-state index is 0.0381. The summed E-state index contributed by atoms with van der Waals surface area (Å²) >= 11 is 0. The molecule has 2 aliphatic rings. The normalized spacial score (nSPS) is 19.9. The predicted molar refractivity (Wildman–Crippen MR) is 108 cm³/mol. The Morgan fingerprint density at radius 3 is 2.45 bits per heavy atom. The molecule has 1 atom stereocenters. The highest BCUT2D eigenvalue weighted by molar-refractivity contribution is 5.89. The molecule has 2 amide bonds. The number of carbonyl (C=O) groups is 2. The quantitative estimate of drug-likeness (QED) is 0.799. The first-order chi connectivity index (χ1) is 14.0. The zero-order chi connectivity index (χ0) is 20.4. The summed E-state index contributed by atoms with van der Waals surface area (Å²) in [5.41, 5.74) is 3.39. The topological polar surface area (TPSA) is 43.9 Å². The van der Waals surface area contributed by atoms with Crippen LogP contribution in [0.15, 0.2) is 48.5 Å². The van der Waals surface area contributed by atoms with Crippen molar-refractivity contribution in [1.82, 2.24) is 14.7 Å². The number of amides is 2. The maximum atomic E-state index is 13.3. The van der Waals surface area contributed by atoms with Crippen LogP contribution in [0.1, 0.15) is 23.6 Å². The monoisotopic (exact) mass is 395 g/mol. The molecule has 1 fully saturated rings. The molecule has 4 rings (SSSR count). The molecule has 0 bridgehead atoms. The van der Waals surface area contributed by atoms with Crippen LogP contribution in [0.4, 0.5) is 4.39 Å². The summed E-state index contributed by atoms with van der Waals surface area (Å²) in [5.74, 6) is -0.311. The first-order valence-electron chi connectivity index (χ1n) is 10.2. The Morgan fingerprint density at radius 2 is 1.76 bits per heavy atom. The Bertz CT molecular complexity index is 899. The van der Waals surface area contributed by atoms with E-state index >= 15 is 0 Å². The molecule has 0 spiro atoms. The van der Waals surface area contributed by atoms with Gasteiger partial charge >= 0.3 is 0 Å². The second-order valence-corrected chi connectivity index (χ2v) is 7.75. The van der Waals surface area contributed by atoms with E-state index in [1.54, 1.807) is 21.9 Å². The Labute approximate surface area is 170 Å². The number of likely N-dealkylation sites (N-methyl/N-ethyl adjacent to an activating group) is 1. The first-order valence-corrected chi connectivity index (χ1v) is 10.2. The van der Waals surface area contributed by atoms with Crippen LogP contribution in [-0.4, -0.2) is 58.7 Å². The van der Waals surface area contributed by atoms with Gasteiger partial charge in [-0.1, -0.05) is 43.3 Å². The molecule has 1 saturated heterocycles. The fourth-order valence-electron chi connectivity index (χ4n) is 4.24. The number of hydrogen-bond donors (Lipinski definition) is 0. The number of rotatable bonds is 4. The van der Waals surface area contributed by atoms with Crippen molar-refractivity contribution in [2.24, 2.45) is 0 Å². The molecule has 5 nitrogen and oxygen atoms in total. The molecule has 2 heterocycles. The molecule has 152 valence electrons. The second-order valence-electron chi connectivity index (χ2n) is 7.75. The molecule has 0 aromatic heterocycles. The summed E-state index contributed by atoms with van der Waals surface area (Å²) in [4.78, 5) is 31.5. The molecular weight excluding hydrogens is 369 g/mol. The van der Waals surface area contributed by atoms with E-state index in [0.29, 0.717) is 26.1 Å². The average molecular weight is 395 g/mol. The van der Waals surface area contributed by atoms with Crippen LogP contribution in [0.3, 0.4) is 0 Å². The lowest BCUT2D eigenvalue weighted by atomic mass is 9.93. The van der Waals surface area contributed by atoms with Crippen LogP contribution in [0.25, 0.3) is 0 Å². The van der Waals surface area contributed by atoms with E-state index < -0.39 is 0 Å². The van der Waals surface area contributed by atoms with Crippen LogP contribution in [-0.2, 0) is 29.1 Å². The van der Waals surface area contributed by atoms with Crippen LogP contribution in [0, 0.1) is 5.82 Å². The lowest BCUT2D eigenvalue weighted by molar-refractivity contribution is -0.149. The van der Waals surface area contributed by atoms with E-state index in [-0.39, 0.29) is 30.2 Å². The molecule has 2 aromatic carbocycles. The van der Waals surface area contributed by atoms with Gasteiger partial charge in [0.05, 0.1) is 12.6 Å². The van der Waals surface area contributed by atoms with Crippen LogP contribution in [0.2, 0.25) is 0 Å². The Balaban J connectivity index is 1.41. The van der Waals surface area contributed by atoms with Gasteiger partial charge in [0.25, 0.3) is 0 Å². The summed E-state index contributed by atoms with van der Waals surface area (Å²) in [6.45, 7) is 5.21. The summed E-state index contributed by atoms with van der Waals surface area (Å²) in [6.07, 6.45) is 0.687. The molecule has 0 saturated carbocycles. The van der Waals surface area contributed by atoms with Crippen molar-refractivity contribution >= 4 is 11.8 Å². The third kappa shape index (κ3) is 4.17. The van der Waals surface area contributed by atoms with Gasteiger partial charge in [0.1, 0.15) is 5.82 Å². The molecule has 0 radical (unpaired) electrons. The highest BCUT2D eigenvalue weighted by Crippen LogP contribution is 2.25. The maximum Gasteiger partial charge on any atom is 0.242 e. The zero-order valence-electron chi connectivity index (χ0n) is 16.7. The van der Waals surface area contributed by atoms with Gasteiger partial charge in [0.2, 0.25) is 11.8 Å². The van der Waals surface area contributed by atoms with E-state index in [1.807, 2.05) is 12.1 Å². The van der Waals surface area contributed by atoms with Gasteiger partial charge in [-0.25, -0.2) is 4.39 Å². The lowest BCUT2D eigenvalue weighted by Crippen LogP contribution is -2.58. The lowest BCUT2D eigenvalue weighted by Gasteiger charge is -2.40. The maximum absolute atomic E-state index is 13.3. The Hall–Kier alpha value is -2.73. The zero-order valence-corrected chi connectivity index (χ0v) is 16.7. The minimum Gasteiger partial charge on any atom is -0.335 e. The first kappa shape index (κ1) is 19.6. The summed E-state index contributed by atoms with van der Waals surface area (Å²) < 4.78 is 13.1. The molecule has 2 aliphatic heterocycles. The van der Waals surface area contributed by atoms with Gasteiger partial charge in [-0.05, 0) is 41.8 Å². The second kappa shape index (κ2) is 8.33. The van der Waals surface area contributed by atoms with Crippen LogP contribution in [0.5, 0.6) is 0 Å². The summed E-state index contributed by atoms with van der Waals surface area (Å²) in [6, 6.07) is 14.2. The molecule has 2 aromatic rings. The number of halogens is 1. The number of fused-ring (bicyclic) bond motifs is 1. The number of nitrogens with zero attached hydrogens (tertiary/aromatic N) is 3. The van der Waals surface area contributed by atoms with Crippen molar-refractivity contribution in [3.05, 3.63) is 71.0 Å². The highest BCUT2D eigenvalue weighted by atomic mass is 19.1. The molecule has 1 unspecified atom stereocenters. The smallest absolute Gasteiger partial charge is 0.242 e. The van der Waals surface area contributed by atoms with Crippen LogP contribution >= 0.6 is 0 Å². The van der Waals surface area contributed by atoms with E-state index in [1.165, 1.54) is 23.3 Å². The van der Waals surface area contributed by atoms with Gasteiger partial charge in [0, 0.05) is 26.2 Å². The van der Waals surface area contributed by atoms with Gasteiger partial charge in [-0.15, -0.1) is 0 Å². The predicted octanol–water partition coefficient (Wildman–Crippen LogP) is 2.44. The number of carbonyl (C=O) groups excluding carboxylic acids is 2. The largest absolute Gasteiger partial charge is 0.335 e. The number of hydrogen-bond acceptors (Lipinski definition) is 3. The van der Waals surface area contributed by atoms with Gasteiger partial charge in [0.15, 0.2) is 0 Å². The van der Waals surface area contributed by atoms with Crippen molar-refractivity contribution in [2.75, 3.05) is 26.2 Å². The summed E-state index contributed by atoms with van der Waals surface area (Å²) in [7, 11) is 0. The fourth-order valence-corrected chi connectivity index (χ4v) is 4.24. The average Bonchev–Trinajstić information content (AvgIpc) is 2.75. The standard InChI is InChI=1S/C23H26FN3O2/c1-2-25-15-19-6-4-3-5-18(19)13-21(25)23(29)27-12-11-26(22(28)16-27)14-17-7-9-20(24)10-8-17/h3-10,21H,2,11-16H2,1H3. The molecule has 0 aliphatic carbocycles. The third-order valence-electron chi connectivity index (χ3n) is 5.95. The number of piperazine rings is 1. The van der Waals surface area contributed by atoms with Gasteiger partial charge < -0.3 is 9.80 Å². The fraction of sp³-hybridized carbons (Fsp3) is 0.391. The van der Waals surface area contributed by atoms with E-state index in [2.05, 4.69) is 24.0 Å². The Morgan fingerprint density at radius 1 is 1.03 bits per heavy atom. The van der Waals surface area contributed by atoms with Gasteiger partial charge in [-0.2, -0.15) is 0 Å². The molecule has 6 heteroatoms. The minimum atomic E-state index is -0.287. The SMILES string of the molecule is CCN1Cc2ccccc2CC1C(=O)N1CCN(Cc2ccc(F)cc2)C(=O)C1. The Kier molecular flexibility index (Phi) is 5.62. The summed E-state index contributed by atoms with van der Waals surface area (Å²) in [5, 5.41) is 0. The van der Waals surface area contributed by atoms with Crippen molar-refractivity contribution < 1.29 is 14.0 Å². The highest BCUT2D eigenvalue weighted by Gasteiger charge is 2.36. The van der Waals surface area contributed by atoms with Crippen molar-refractivity contribution in [3.63, 3.8) is 0 Å².